The van der Waals surface area contributed by atoms with Crippen LogP contribution in [-0.4, -0.2) is 29.3 Å². The van der Waals surface area contributed by atoms with E-state index in [0.29, 0.717) is 17.2 Å². The van der Waals surface area contributed by atoms with Gasteiger partial charge >= 0.3 is 0 Å². The second-order valence-corrected chi connectivity index (χ2v) is 5.85. The van der Waals surface area contributed by atoms with Crippen LogP contribution in [0.5, 0.6) is 0 Å². The lowest BCUT2D eigenvalue weighted by molar-refractivity contribution is -0.116. The summed E-state index contributed by atoms with van der Waals surface area (Å²) >= 11 is 1.56. The first-order valence-electron chi connectivity index (χ1n) is 6.64. The first kappa shape index (κ1) is 13.2. The summed E-state index contributed by atoms with van der Waals surface area (Å²) in [6, 6.07) is 5.40. The van der Waals surface area contributed by atoms with Crippen molar-refractivity contribution >= 4 is 34.4 Å². The highest BCUT2D eigenvalue weighted by molar-refractivity contribution is 8.14. The first-order valence-corrected chi connectivity index (χ1v) is 7.62. The number of aliphatic imine (C=N–C) groups is 1. The molecule has 2 amide bonds. The number of benzene rings is 1. The number of rotatable bonds is 1. The fourth-order valence-electron chi connectivity index (χ4n) is 2.30. The predicted octanol–water partition coefficient (Wildman–Crippen LogP) is 1.79. The van der Waals surface area contributed by atoms with Crippen LogP contribution in [0, 0.1) is 0 Å². The zero-order valence-electron chi connectivity index (χ0n) is 10.9. The van der Waals surface area contributed by atoms with Crippen LogP contribution in [0.4, 0.5) is 5.69 Å². The van der Waals surface area contributed by atoms with Crippen LogP contribution < -0.4 is 10.6 Å². The van der Waals surface area contributed by atoms with Crippen molar-refractivity contribution in [1.82, 2.24) is 5.32 Å². The maximum absolute atomic E-state index is 12.1. The van der Waals surface area contributed by atoms with Crippen LogP contribution in [0.15, 0.2) is 23.2 Å². The third kappa shape index (κ3) is 2.85. The van der Waals surface area contributed by atoms with E-state index < -0.39 is 0 Å². The number of amidine groups is 1. The van der Waals surface area contributed by atoms with Crippen molar-refractivity contribution < 1.29 is 9.59 Å². The number of carbonyl (C=O) groups is 2. The van der Waals surface area contributed by atoms with E-state index in [1.54, 1.807) is 23.9 Å². The molecule has 1 aromatic carbocycles. The molecule has 0 radical (unpaired) electrons. The Kier molecular flexibility index (Phi) is 3.73. The molecule has 2 aliphatic rings. The number of nitrogens with one attached hydrogen (secondary N) is 2. The second-order valence-electron chi connectivity index (χ2n) is 4.76. The van der Waals surface area contributed by atoms with E-state index >= 15 is 0 Å². The molecule has 0 bridgehead atoms. The van der Waals surface area contributed by atoms with Crippen molar-refractivity contribution in [3.63, 3.8) is 0 Å². The molecule has 5 nitrogen and oxygen atoms in total. The smallest absolute Gasteiger partial charge is 0.257 e. The van der Waals surface area contributed by atoms with E-state index in [1.165, 1.54) is 0 Å². The van der Waals surface area contributed by atoms with Gasteiger partial charge in [0.1, 0.15) is 0 Å². The minimum atomic E-state index is -0.142. The molecule has 0 aromatic heterocycles. The number of nitrogens with zero attached hydrogens (tertiary/aromatic N) is 1. The van der Waals surface area contributed by atoms with Crippen LogP contribution in [0.2, 0.25) is 0 Å². The summed E-state index contributed by atoms with van der Waals surface area (Å²) in [5, 5.41) is 6.37. The summed E-state index contributed by atoms with van der Waals surface area (Å²) < 4.78 is 0. The van der Waals surface area contributed by atoms with Gasteiger partial charge in [-0.05, 0) is 36.6 Å². The highest BCUT2D eigenvalue weighted by atomic mass is 32.2. The van der Waals surface area contributed by atoms with Gasteiger partial charge in [0.15, 0.2) is 5.17 Å². The number of thioether (sulfide) groups is 1. The Balaban J connectivity index is 1.79. The second kappa shape index (κ2) is 5.66. The Morgan fingerprint density at radius 1 is 1.35 bits per heavy atom. The van der Waals surface area contributed by atoms with Crippen LogP contribution in [0.25, 0.3) is 0 Å². The third-order valence-corrected chi connectivity index (χ3v) is 4.19. The molecular weight excluding hydrogens is 274 g/mol. The molecule has 2 aliphatic heterocycles. The Labute approximate surface area is 121 Å². The van der Waals surface area contributed by atoms with E-state index in [-0.39, 0.29) is 11.8 Å². The highest BCUT2D eigenvalue weighted by Crippen LogP contribution is 2.23. The molecule has 2 heterocycles. The summed E-state index contributed by atoms with van der Waals surface area (Å²) in [4.78, 5) is 27.8. The Hall–Kier alpha value is -1.82. The molecule has 6 heteroatoms. The number of hydrogen-bond acceptors (Lipinski definition) is 4. The van der Waals surface area contributed by atoms with Gasteiger partial charge in [0.25, 0.3) is 5.91 Å². The fraction of sp³-hybridized carbons (Fsp3) is 0.357. The standard InChI is InChI=1S/C14H15N3O2S/c18-12-3-1-2-9-8-10(4-5-11(9)16-12)13(19)17-14-15-6-7-20-14/h4-5,8H,1-3,6-7H2,(H,16,18)(H,15,17,19). The average Bonchev–Trinajstić information content (AvgIpc) is 2.85. The van der Waals surface area contributed by atoms with E-state index in [4.69, 9.17) is 0 Å². The average molecular weight is 289 g/mol. The summed E-state index contributed by atoms with van der Waals surface area (Å²) in [5.74, 6) is 0.820. The normalized spacial score (nSPS) is 17.8. The molecule has 20 heavy (non-hydrogen) atoms. The summed E-state index contributed by atoms with van der Waals surface area (Å²) in [7, 11) is 0. The van der Waals surface area contributed by atoms with Crippen LogP contribution >= 0.6 is 11.8 Å². The molecule has 3 rings (SSSR count). The van der Waals surface area contributed by atoms with E-state index in [1.807, 2.05) is 6.07 Å². The van der Waals surface area contributed by atoms with Gasteiger partial charge in [-0.1, -0.05) is 11.8 Å². The topological polar surface area (TPSA) is 70.6 Å². The Morgan fingerprint density at radius 3 is 3.05 bits per heavy atom. The van der Waals surface area contributed by atoms with Crippen molar-refractivity contribution in [1.29, 1.82) is 0 Å². The number of fused-ring (bicyclic) bond motifs is 1. The van der Waals surface area contributed by atoms with Gasteiger partial charge in [-0.15, -0.1) is 0 Å². The Morgan fingerprint density at radius 2 is 2.25 bits per heavy atom. The van der Waals surface area contributed by atoms with E-state index in [2.05, 4.69) is 15.6 Å². The molecule has 0 unspecified atom stereocenters. The highest BCUT2D eigenvalue weighted by Gasteiger charge is 2.16. The molecule has 0 saturated heterocycles. The number of aryl methyl sites for hydroxylation is 1. The van der Waals surface area contributed by atoms with Crippen molar-refractivity contribution in [3.8, 4) is 0 Å². The number of carbonyl (C=O) groups excluding carboxylic acids is 2. The first-order chi connectivity index (χ1) is 9.72. The van der Waals surface area contributed by atoms with Gasteiger partial charge in [-0.25, -0.2) is 0 Å². The van der Waals surface area contributed by atoms with Crippen LogP contribution in [0.3, 0.4) is 0 Å². The summed E-state index contributed by atoms with van der Waals surface area (Å²) in [5.41, 5.74) is 2.44. The van der Waals surface area contributed by atoms with Gasteiger partial charge in [-0.2, -0.15) is 0 Å². The van der Waals surface area contributed by atoms with Gasteiger partial charge in [0.05, 0.1) is 6.54 Å². The maximum Gasteiger partial charge on any atom is 0.257 e. The fourth-order valence-corrected chi connectivity index (χ4v) is 3.02. The molecule has 0 saturated carbocycles. The van der Waals surface area contributed by atoms with Crippen molar-refractivity contribution in [2.24, 2.45) is 4.99 Å². The monoisotopic (exact) mass is 289 g/mol. The third-order valence-electron chi connectivity index (χ3n) is 3.30. The molecule has 0 fully saturated rings. The quantitative estimate of drug-likeness (QED) is 0.828. The minimum absolute atomic E-state index is 0.0395. The zero-order valence-corrected chi connectivity index (χ0v) is 11.8. The van der Waals surface area contributed by atoms with Gasteiger partial charge in [0.2, 0.25) is 5.91 Å². The molecule has 1 aromatic rings. The lowest BCUT2D eigenvalue weighted by Crippen LogP contribution is -2.27. The molecule has 0 aliphatic carbocycles. The van der Waals surface area contributed by atoms with Gasteiger partial charge < -0.3 is 10.6 Å². The molecule has 0 atom stereocenters. The van der Waals surface area contributed by atoms with Gasteiger partial charge in [-0.3, -0.25) is 14.6 Å². The predicted molar refractivity (Wildman–Crippen MR) is 80.2 cm³/mol. The largest absolute Gasteiger partial charge is 0.326 e. The molecule has 2 N–H and O–H groups in total. The van der Waals surface area contributed by atoms with Crippen LogP contribution in [0.1, 0.15) is 28.8 Å². The SMILES string of the molecule is O=C1CCCc2cc(C(=O)NC3=NCCS3)ccc2N1. The van der Waals surface area contributed by atoms with Crippen LogP contribution in [-0.2, 0) is 11.2 Å². The number of amides is 2. The summed E-state index contributed by atoms with van der Waals surface area (Å²) in [6.07, 6.45) is 2.15. The number of anilines is 1. The van der Waals surface area contributed by atoms with E-state index in [0.717, 1.165) is 36.4 Å². The van der Waals surface area contributed by atoms with Crippen molar-refractivity contribution in [3.05, 3.63) is 29.3 Å². The lowest BCUT2D eigenvalue weighted by atomic mass is 10.0. The lowest BCUT2D eigenvalue weighted by Gasteiger charge is -2.09. The number of hydrogen-bond donors (Lipinski definition) is 2. The van der Waals surface area contributed by atoms with Crippen molar-refractivity contribution in [2.45, 2.75) is 19.3 Å². The zero-order chi connectivity index (χ0) is 13.9. The van der Waals surface area contributed by atoms with E-state index in [9.17, 15) is 9.59 Å². The minimum Gasteiger partial charge on any atom is -0.326 e. The van der Waals surface area contributed by atoms with Gasteiger partial charge in [0, 0.05) is 23.4 Å². The maximum atomic E-state index is 12.1. The Bertz CT molecular complexity index is 598. The summed E-state index contributed by atoms with van der Waals surface area (Å²) in [6.45, 7) is 0.760. The molecule has 0 spiro atoms. The molecule has 104 valence electrons. The molecular formula is C14H15N3O2S. The van der Waals surface area contributed by atoms with Crippen molar-refractivity contribution in [2.75, 3.05) is 17.6 Å².